The summed E-state index contributed by atoms with van der Waals surface area (Å²) in [6.07, 6.45) is 0.722. The number of carbonyl (C=O) groups excluding carboxylic acids is 1. The molecule has 0 saturated heterocycles. The van der Waals surface area contributed by atoms with Crippen LogP contribution >= 0.6 is 27.5 Å². The average molecular weight is 269 g/mol. The molecule has 70 valence electrons. The third kappa shape index (κ3) is 1.73. The molecule has 1 aromatic carbocycles. The monoisotopic (exact) mass is 268 g/mol. The van der Waals surface area contributed by atoms with E-state index in [1.54, 1.807) is 0 Å². The van der Waals surface area contributed by atoms with Crippen LogP contribution in [0, 0.1) is 0 Å². The Balaban J connectivity index is 2.54. The third-order valence-electron chi connectivity index (χ3n) is 1.71. The van der Waals surface area contributed by atoms with Gasteiger partial charge in [0, 0.05) is 4.47 Å². The molecule has 0 radical (unpaired) electrons. The zero-order valence-corrected chi connectivity index (χ0v) is 9.38. The fourth-order valence-electron chi connectivity index (χ4n) is 1.10. The van der Waals surface area contributed by atoms with Crippen molar-refractivity contribution in [1.29, 1.82) is 0 Å². The predicted octanol–water partition coefficient (Wildman–Crippen LogP) is 2.78. The molecule has 0 unspecified atom stereocenters. The highest BCUT2D eigenvalue weighted by molar-refractivity contribution is 9.10. The molecular weight excluding hydrogens is 264 g/mol. The van der Waals surface area contributed by atoms with E-state index in [2.05, 4.69) is 25.5 Å². The van der Waals surface area contributed by atoms with Crippen LogP contribution in [0.3, 0.4) is 0 Å². The molecule has 0 fully saturated rings. The number of hydrogen-bond donors (Lipinski definition) is 0. The molecule has 5 heteroatoms. The summed E-state index contributed by atoms with van der Waals surface area (Å²) in [5, 5.41) is 3.73. The number of rotatable bonds is 2. The Labute approximate surface area is 93.1 Å². The minimum Gasteiger partial charge on any atom is -0.296 e. The van der Waals surface area contributed by atoms with E-state index in [1.807, 2.05) is 24.3 Å². The Kier molecular flexibility index (Phi) is 2.69. The van der Waals surface area contributed by atoms with Crippen LogP contribution < -0.4 is 0 Å². The Morgan fingerprint density at radius 3 is 3.00 bits per heavy atom. The molecule has 0 aliphatic carbocycles. The van der Waals surface area contributed by atoms with Gasteiger partial charge in [0.1, 0.15) is 5.69 Å². The van der Waals surface area contributed by atoms with E-state index < -0.39 is 0 Å². The van der Waals surface area contributed by atoms with Gasteiger partial charge < -0.3 is 0 Å². The van der Waals surface area contributed by atoms with Crippen LogP contribution in [0.1, 0.15) is 10.5 Å². The standard InChI is InChI=1S/C9H5BrN2OS/c10-7-3-1-2-6(4-7)9-8(5-13)11-12-14-9/h1-5H. The molecular formula is C9H5BrN2OS. The van der Waals surface area contributed by atoms with Gasteiger partial charge in [0.05, 0.1) is 4.88 Å². The van der Waals surface area contributed by atoms with Gasteiger partial charge >= 0.3 is 0 Å². The summed E-state index contributed by atoms with van der Waals surface area (Å²) < 4.78 is 4.72. The lowest BCUT2D eigenvalue weighted by atomic mass is 10.2. The Morgan fingerprint density at radius 1 is 1.43 bits per heavy atom. The quantitative estimate of drug-likeness (QED) is 0.787. The molecule has 0 atom stereocenters. The van der Waals surface area contributed by atoms with Gasteiger partial charge in [-0.2, -0.15) is 0 Å². The van der Waals surface area contributed by atoms with Crippen LogP contribution in [-0.4, -0.2) is 15.9 Å². The molecule has 0 saturated carbocycles. The summed E-state index contributed by atoms with van der Waals surface area (Å²) in [6, 6.07) is 7.70. The molecule has 0 N–H and O–H groups in total. The van der Waals surface area contributed by atoms with Crippen LogP contribution in [-0.2, 0) is 0 Å². The van der Waals surface area contributed by atoms with Crippen LogP contribution in [0.4, 0.5) is 0 Å². The minimum atomic E-state index is 0.396. The van der Waals surface area contributed by atoms with Gasteiger partial charge in [0.2, 0.25) is 0 Å². The van der Waals surface area contributed by atoms with Gasteiger partial charge in [-0.25, -0.2) is 0 Å². The van der Waals surface area contributed by atoms with Gasteiger partial charge in [-0.15, -0.1) is 5.10 Å². The van der Waals surface area contributed by atoms with Crippen molar-refractivity contribution in [1.82, 2.24) is 9.59 Å². The molecule has 0 aliphatic rings. The van der Waals surface area contributed by atoms with Gasteiger partial charge in [0.25, 0.3) is 0 Å². The molecule has 0 spiro atoms. The van der Waals surface area contributed by atoms with Crippen molar-refractivity contribution >= 4 is 33.7 Å². The Morgan fingerprint density at radius 2 is 2.29 bits per heavy atom. The Bertz CT molecular complexity index is 469. The highest BCUT2D eigenvalue weighted by atomic mass is 79.9. The lowest BCUT2D eigenvalue weighted by Crippen LogP contribution is -1.83. The maximum atomic E-state index is 10.6. The van der Waals surface area contributed by atoms with E-state index >= 15 is 0 Å². The Hall–Kier alpha value is -1.07. The SMILES string of the molecule is O=Cc1nnsc1-c1cccc(Br)c1. The van der Waals surface area contributed by atoms with Crippen molar-refractivity contribution < 1.29 is 4.79 Å². The number of halogens is 1. The molecule has 3 nitrogen and oxygen atoms in total. The first kappa shape index (κ1) is 9.48. The van der Waals surface area contributed by atoms with Crippen molar-refractivity contribution in [2.75, 3.05) is 0 Å². The lowest BCUT2D eigenvalue weighted by molar-refractivity contribution is 0.111. The van der Waals surface area contributed by atoms with Crippen molar-refractivity contribution in [3.63, 3.8) is 0 Å². The van der Waals surface area contributed by atoms with E-state index in [4.69, 9.17) is 0 Å². The number of aromatic nitrogens is 2. The maximum Gasteiger partial charge on any atom is 0.171 e. The van der Waals surface area contributed by atoms with Crippen molar-refractivity contribution in [3.8, 4) is 10.4 Å². The molecule has 0 bridgehead atoms. The number of benzene rings is 1. The third-order valence-corrected chi connectivity index (χ3v) is 3.00. The fourth-order valence-corrected chi connectivity index (χ4v) is 2.13. The average Bonchev–Trinajstić information content (AvgIpc) is 2.65. The smallest absolute Gasteiger partial charge is 0.171 e. The summed E-state index contributed by atoms with van der Waals surface area (Å²) in [5.74, 6) is 0. The molecule has 14 heavy (non-hydrogen) atoms. The highest BCUT2D eigenvalue weighted by Gasteiger charge is 2.08. The summed E-state index contributed by atoms with van der Waals surface area (Å²) in [5.41, 5.74) is 1.35. The van der Waals surface area contributed by atoms with Crippen molar-refractivity contribution in [2.24, 2.45) is 0 Å². The second-order valence-electron chi connectivity index (χ2n) is 2.62. The van der Waals surface area contributed by atoms with Gasteiger partial charge in [0.15, 0.2) is 6.29 Å². The molecule has 2 rings (SSSR count). The van der Waals surface area contributed by atoms with Crippen LogP contribution in [0.15, 0.2) is 28.7 Å². The number of carbonyl (C=O) groups is 1. The summed E-state index contributed by atoms with van der Waals surface area (Å²) in [4.78, 5) is 11.4. The lowest BCUT2D eigenvalue weighted by Gasteiger charge is -1.96. The summed E-state index contributed by atoms with van der Waals surface area (Å²) in [6.45, 7) is 0. The highest BCUT2D eigenvalue weighted by Crippen LogP contribution is 2.27. The van der Waals surface area contributed by atoms with E-state index in [0.29, 0.717) is 5.69 Å². The van der Waals surface area contributed by atoms with Gasteiger partial charge in [-0.05, 0) is 29.2 Å². The zero-order valence-electron chi connectivity index (χ0n) is 6.98. The minimum absolute atomic E-state index is 0.396. The molecule has 1 heterocycles. The molecule has 0 aliphatic heterocycles. The molecule has 1 aromatic heterocycles. The van der Waals surface area contributed by atoms with E-state index in [9.17, 15) is 4.79 Å². The summed E-state index contributed by atoms with van der Waals surface area (Å²) >= 11 is 4.59. The number of hydrogen-bond acceptors (Lipinski definition) is 4. The fraction of sp³-hybridized carbons (Fsp3) is 0. The predicted molar refractivity (Wildman–Crippen MR) is 58.4 cm³/mol. The normalized spacial score (nSPS) is 10.1. The first-order valence-electron chi connectivity index (χ1n) is 3.85. The summed E-state index contributed by atoms with van der Waals surface area (Å²) in [7, 11) is 0. The largest absolute Gasteiger partial charge is 0.296 e. The first-order chi connectivity index (χ1) is 6.81. The second kappa shape index (κ2) is 3.98. The van der Waals surface area contributed by atoms with Crippen molar-refractivity contribution in [2.45, 2.75) is 0 Å². The van der Waals surface area contributed by atoms with Crippen molar-refractivity contribution in [3.05, 3.63) is 34.4 Å². The van der Waals surface area contributed by atoms with Gasteiger partial charge in [-0.1, -0.05) is 32.6 Å². The van der Waals surface area contributed by atoms with Crippen LogP contribution in [0.25, 0.3) is 10.4 Å². The number of nitrogens with zero attached hydrogens (tertiary/aromatic N) is 2. The van der Waals surface area contributed by atoms with E-state index in [-0.39, 0.29) is 0 Å². The van der Waals surface area contributed by atoms with Crippen LogP contribution in [0.5, 0.6) is 0 Å². The van der Waals surface area contributed by atoms with Crippen LogP contribution in [0.2, 0.25) is 0 Å². The molecule has 2 aromatic rings. The van der Waals surface area contributed by atoms with E-state index in [0.717, 1.165) is 21.2 Å². The van der Waals surface area contributed by atoms with E-state index in [1.165, 1.54) is 11.5 Å². The second-order valence-corrected chi connectivity index (χ2v) is 4.29. The maximum absolute atomic E-state index is 10.6. The number of aldehydes is 1. The first-order valence-corrected chi connectivity index (χ1v) is 5.41. The zero-order chi connectivity index (χ0) is 9.97. The topological polar surface area (TPSA) is 42.9 Å². The van der Waals surface area contributed by atoms with Gasteiger partial charge in [-0.3, -0.25) is 4.79 Å². The molecule has 0 amide bonds.